The summed E-state index contributed by atoms with van der Waals surface area (Å²) in [4.78, 5) is 4.81. The standard InChI is InChI=1S/C26H35N/c1-18-12-10-11-13-24(18)27-20(3)16-19(2)22-15-14-21(25(4,5)6)17-23(22)26(7,8)9/h10-17H,1-9H3/b19-16+,27-20?. The van der Waals surface area contributed by atoms with Gasteiger partial charge in [-0.1, -0.05) is 77.9 Å². The third-order valence-corrected chi connectivity index (χ3v) is 4.96. The zero-order valence-electron chi connectivity index (χ0n) is 18.6. The highest BCUT2D eigenvalue weighted by molar-refractivity contribution is 6.00. The number of nitrogens with zero attached hydrogens (tertiary/aromatic N) is 1. The van der Waals surface area contributed by atoms with Gasteiger partial charge in [-0.15, -0.1) is 0 Å². The summed E-state index contributed by atoms with van der Waals surface area (Å²) in [5.74, 6) is 0. The Labute approximate surface area is 166 Å². The van der Waals surface area contributed by atoms with Crippen LogP contribution in [0.3, 0.4) is 0 Å². The summed E-state index contributed by atoms with van der Waals surface area (Å²) in [7, 11) is 0. The molecule has 0 aliphatic rings. The number of aliphatic imine (C=N–C) groups is 1. The van der Waals surface area contributed by atoms with Gasteiger partial charge in [0.15, 0.2) is 0 Å². The van der Waals surface area contributed by atoms with E-state index in [9.17, 15) is 0 Å². The van der Waals surface area contributed by atoms with Gasteiger partial charge >= 0.3 is 0 Å². The van der Waals surface area contributed by atoms with Crippen molar-refractivity contribution in [3.8, 4) is 0 Å². The molecule has 0 radical (unpaired) electrons. The minimum absolute atomic E-state index is 0.0900. The number of hydrogen-bond acceptors (Lipinski definition) is 1. The SMILES string of the molecule is CC(/C=C(\C)c1ccc(C(C)(C)C)cc1C(C)(C)C)=Nc1ccccc1C. The van der Waals surface area contributed by atoms with Crippen molar-refractivity contribution in [1.29, 1.82) is 0 Å². The van der Waals surface area contributed by atoms with Crippen molar-refractivity contribution in [1.82, 2.24) is 0 Å². The average molecular weight is 362 g/mol. The Morgan fingerprint density at radius 3 is 2.04 bits per heavy atom. The van der Waals surface area contributed by atoms with E-state index in [1.165, 1.54) is 27.8 Å². The molecule has 0 N–H and O–H groups in total. The van der Waals surface area contributed by atoms with Crippen LogP contribution in [0.4, 0.5) is 5.69 Å². The largest absolute Gasteiger partial charge is 0.253 e. The van der Waals surface area contributed by atoms with Gasteiger partial charge in [0.25, 0.3) is 0 Å². The summed E-state index contributed by atoms with van der Waals surface area (Å²) in [5.41, 5.74) is 8.87. The lowest BCUT2D eigenvalue weighted by Crippen LogP contribution is -2.18. The van der Waals surface area contributed by atoms with E-state index in [2.05, 4.69) is 105 Å². The van der Waals surface area contributed by atoms with E-state index >= 15 is 0 Å². The second-order valence-electron chi connectivity index (χ2n) is 9.63. The first-order chi connectivity index (χ1) is 12.4. The fourth-order valence-electron chi connectivity index (χ4n) is 3.28. The topological polar surface area (TPSA) is 12.4 Å². The molecule has 0 spiro atoms. The van der Waals surface area contributed by atoms with Gasteiger partial charge in [-0.2, -0.15) is 0 Å². The molecule has 0 aromatic heterocycles. The highest BCUT2D eigenvalue weighted by Crippen LogP contribution is 2.34. The maximum atomic E-state index is 4.81. The summed E-state index contributed by atoms with van der Waals surface area (Å²) in [5, 5.41) is 0. The molecule has 2 aromatic rings. The third kappa shape index (κ3) is 5.42. The van der Waals surface area contributed by atoms with E-state index in [0.29, 0.717) is 0 Å². The molecule has 0 saturated carbocycles. The van der Waals surface area contributed by atoms with Crippen LogP contribution in [0.1, 0.15) is 77.6 Å². The predicted octanol–water partition coefficient (Wildman–Crippen LogP) is 7.79. The molecule has 0 fully saturated rings. The minimum atomic E-state index is 0.0900. The highest BCUT2D eigenvalue weighted by Gasteiger charge is 2.22. The minimum Gasteiger partial charge on any atom is -0.253 e. The number of allylic oxidation sites excluding steroid dienone is 2. The number of rotatable bonds is 3. The Balaban J connectivity index is 2.50. The van der Waals surface area contributed by atoms with Crippen LogP contribution in [-0.2, 0) is 10.8 Å². The van der Waals surface area contributed by atoms with Crippen molar-refractivity contribution in [2.75, 3.05) is 0 Å². The fourth-order valence-corrected chi connectivity index (χ4v) is 3.28. The van der Waals surface area contributed by atoms with E-state index in [-0.39, 0.29) is 10.8 Å². The molecule has 27 heavy (non-hydrogen) atoms. The quantitative estimate of drug-likeness (QED) is 0.495. The van der Waals surface area contributed by atoms with Gasteiger partial charge in [0, 0.05) is 5.71 Å². The Morgan fingerprint density at radius 1 is 0.852 bits per heavy atom. The molecule has 0 aliphatic heterocycles. The molecule has 0 heterocycles. The van der Waals surface area contributed by atoms with Crippen molar-refractivity contribution in [3.63, 3.8) is 0 Å². The summed E-state index contributed by atoms with van der Waals surface area (Å²) >= 11 is 0. The molecular formula is C26H35N. The second-order valence-corrected chi connectivity index (χ2v) is 9.63. The first-order valence-electron chi connectivity index (χ1n) is 9.84. The van der Waals surface area contributed by atoms with Gasteiger partial charge < -0.3 is 0 Å². The van der Waals surface area contributed by atoms with Gasteiger partial charge in [-0.3, -0.25) is 4.99 Å². The smallest absolute Gasteiger partial charge is 0.0661 e. The predicted molar refractivity (Wildman–Crippen MR) is 121 cm³/mol. The lowest BCUT2D eigenvalue weighted by Gasteiger charge is -2.28. The molecular weight excluding hydrogens is 326 g/mol. The maximum Gasteiger partial charge on any atom is 0.0661 e. The number of aryl methyl sites for hydroxylation is 1. The van der Waals surface area contributed by atoms with Crippen molar-refractivity contribution >= 4 is 17.0 Å². The first kappa shape index (κ1) is 21.2. The van der Waals surface area contributed by atoms with Gasteiger partial charge in [0.05, 0.1) is 5.69 Å². The molecule has 0 bridgehead atoms. The number of benzene rings is 2. The molecule has 1 heteroatoms. The molecule has 2 aromatic carbocycles. The van der Waals surface area contributed by atoms with Gasteiger partial charge in [-0.05, 0) is 71.6 Å². The Hall–Kier alpha value is -2.15. The molecule has 0 amide bonds. The van der Waals surface area contributed by atoms with E-state index in [1.807, 2.05) is 6.07 Å². The first-order valence-corrected chi connectivity index (χ1v) is 9.84. The van der Waals surface area contributed by atoms with Crippen LogP contribution < -0.4 is 0 Å². The monoisotopic (exact) mass is 361 g/mol. The lowest BCUT2D eigenvalue weighted by atomic mass is 9.77. The number of hydrogen-bond donors (Lipinski definition) is 0. The lowest BCUT2D eigenvalue weighted by molar-refractivity contribution is 0.567. The molecule has 0 saturated heterocycles. The van der Waals surface area contributed by atoms with Crippen LogP contribution in [0, 0.1) is 6.92 Å². The van der Waals surface area contributed by atoms with Crippen LogP contribution in [0.25, 0.3) is 5.57 Å². The van der Waals surface area contributed by atoms with Gasteiger partial charge in [0.1, 0.15) is 0 Å². The van der Waals surface area contributed by atoms with E-state index in [1.54, 1.807) is 0 Å². The Kier molecular flexibility index (Phi) is 6.14. The zero-order chi connectivity index (χ0) is 20.4. The molecule has 0 unspecified atom stereocenters. The van der Waals surface area contributed by atoms with Crippen molar-refractivity contribution in [2.24, 2.45) is 4.99 Å². The normalized spacial score (nSPS) is 13.8. The van der Waals surface area contributed by atoms with E-state index in [0.717, 1.165) is 11.4 Å². The summed E-state index contributed by atoms with van der Waals surface area (Å²) < 4.78 is 0. The summed E-state index contributed by atoms with van der Waals surface area (Å²) in [6.07, 6.45) is 2.20. The van der Waals surface area contributed by atoms with Crippen LogP contribution in [-0.4, -0.2) is 5.71 Å². The molecule has 144 valence electrons. The van der Waals surface area contributed by atoms with Crippen LogP contribution in [0.15, 0.2) is 53.5 Å². The third-order valence-electron chi connectivity index (χ3n) is 4.96. The summed E-state index contributed by atoms with van der Waals surface area (Å²) in [6.45, 7) is 20.1. The molecule has 1 nitrogen and oxygen atoms in total. The van der Waals surface area contributed by atoms with E-state index in [4.69, 9.17) is 4.99 Å². The van der Waals surface area contributed by atoms with Gasteiger partial charge in [0.2, 0.25) is 0 Å². The molecule has 2 rings (SSSR count). The van der Waals surface area contributed by atoms with Gasteiger partial charge in [-0.25, -0.2) is 0 Å². The highest BCUT2D eigenvalue weighted by atomic mass is 14.7. The molecule has 0 aliphatic carbocycles. The van der Waals surface area contributed by atoms with Crippen molar-refractivity contribution < 1.29 is 0 Å². The Bertz CT molecular complexity index is 868. The van der Waals surface area contributed by atoms with E-state index < -0.39 is 0 Å². The maximum absolute atomic E-state index is 4.81. The average Bonchev–Trinajstić information content (AvgIpc) is 2.54. The van der Waals surface area contributed by atoms with Crippen LogP contribution >= 0.6 is 0 Å². The van der Waals surface area contributed by atoms with Crippen LogP contribution in [0.2, 0.25) is 0 Å². The van der Waals surface area contributed by atoms with Crippen molar-refractivity contribution in [3.05, 3.63) is 70.8 Å². The zero-order valence-corrected chi connectivity index (χ0v) is 18.6. The van der Waals surface area contributed by atoms with Crippen molar-refractivity contribution in [2.45, 2.75) is 73.1 Å². The van der Waals surface area contributed by atoms with Crippen LogP contribution in [0.5, 0.6) is 0 Å². The second kappa shape index (κ2) is 7.84. The number of para-hydroxylation sites is 1. The fraction of sp³-hybridized carbons (Fsp3) is 0.423. The molecule has 0 atom stereocenters. The summed E-state index contributed by atoms with van der Waals surface area (Å²) in [6, 6.07) is 15.2. The Morgan fingerprint density at radius 2 is 1.48 bits per heavy atom.